The van der Waals surface area contributed by atoms with Crippen LogP contribution in [0.3, 0.4) is 0 Å². The number of nitro benzene ring substituents is 1. The lowest BCUT2D eigenvalue weighted by molar-refractivity contribution is -0.384. The molecule has 2 aromatic rings. The second-order valence-corrected chi connectivity index (χ2v) is 6.87. The molecule has 1 atom stereocenters. The van der Waals surface area contributed by atoms with E-state index in [1.165, 1.54) is 37.4 Å². The second-order valence-electron chi connectivity index (χ2n) is 6.47. The highest BCUT2D eigenvalue weighted by molar-refractivity contribution is 6.32. The van der Waals surface area contributed by atoms with Crippen molar-refractivity contribution in [3.05, 3.63) is 69.0 Å². The van der Waals surface area contributed by atoms with Crippen LogP contribution in [0.4, 0.5) is 15.8 Å². The summed E-state index contributed by atoms with van der Waals surface area (Å²) in [6.07, 6.45) is 0. The van der Waals surface area contributed by atoms with Crippen LogP contribution in [-0.2, 0) is 4.79 Å². The third-order valence-electron chi connectivity index (χ3n) is 4.17. The fourth-order valence-corrected chi connectivity index (χ4v) is 2.77. The zero-order valence-corrected chi connectivity index (χ0v) is 16.2. The Morgan fingerprint density at radius 2 is 1.86 bits per heavy atom. The monoisotopic (exact) mass is 407 g/mol. The minimum atomic E-state index is -0.966. The van der Waals surface area contributed by atoms with Crippen molar-refractivity contribution < 1.29 is 18.9 Å². The maximum absolute atomic E-state index is 14.0. The van der Waals surface area contributed by atoms with Crippen LogP contribution >= 0.6 is 11.6 Å². The summed E-state index contributed by atoms with van der Waals surface area (Å²) < 4.78 is 14.0. The van der Waals surface area contributed by atoms with Crippen molar-refractivity contribution in [2.24, 2.45) is 5.92 Å². The molecule has 0 aromatic heterocycles. The van der Waals surface area contributed by atoms with Gasteiger partial charge in [0.2, 0.25) is 5.91 Å². The average molecular weight is 408 g/mol. The van der Waals surface area contributed by atoms with Gasteiger partial charge in [0.25, 0.3) is 11.6 Å². The van der Waals surface area contributed by atoms with E-state index in [2.05, 4.69) is 5.32 Å². The first-order chi connectivity index (χ1) is 13.1. The van der Waals surface area contributed by atoms with Crippen LogP contribution in [0.2, 0.25) is 5.02 Å². The summed E-state index contributed by atoms with van der Waals surface area (Å²) >= 11 is 5.76. The van der Waals surface area contributed by atoms with E-state index in [-0.39, 0.29) is 22.2 Å². The number of para-hydroxylation sites is 1. The molecular formula is C19H19ClFN3O4. The predicted molar refractivity (Wildman–Crippen MR) is 104 cm³/mol. The highest BCUT2D eigenvalue weighted by Gasteiger charge is 2.29. The first kappa shape index (κ1) is 21.3. The maximum atomic E-state index is 14.0. The predicted octanol–water partition coefficient (Wildman–Crippen LogP) is 3.80. The molecule has 148 valence electrons. The zero-order valence-electron chi connectivity index (χ0n) is 15.5. The lowest BCUT2D eigenvalue weighted by Crippen LogP contribution is -2.50. The van der Waals surface area contributed by atoms with Crippen molar-refractivity contribution in [3.63, 3.8) is 0 Å². The lowest BCUT2D eigenvalue weighted by atomic mass is 10.0. The summed E-state index contributed by atoms with van der Waals surface area (Å²) in [6, 6.07) is 8.43. The van der Waals surface area contributed by atoms with E-state index < -0.39 is 34.3 Å². The van der Waals surface area contributed by atoms with Crippen molar-refractivity contribution in [2.75, 3.05) is 11.9 Å². The Kier molecular flexibility index (Phi) is 6.69. The summed E-state index contributed by atoms with van der Waals surface area (Å²) in [6.45, 7) is 3.45. The number of nitrogens with one attached hydrogen (secondary N) is 1. The first-order valence-electron chi connectivity index (χ1n) is 8.40. The van der Waals surface area contributed by atoms with Gasteiger partial charge in [0.15, 0.2) is 0 Å². The van der Waals surface area contributed by atoms with E-state index in [1.807, 2.05) is 0 Å². The molecule has 0 radical (unpaired) electrons. The van der Waals surface area contributed by atoms with Crippen LogP contribution in [-0.4, -0.2) is 29.8 Å². The largest absolute Gasteiger partial charge is 0.340 e. The van der Waals surface area contributed by atoms with Gasteiger partial charge in [-0.3, -0.25) is 19.7 Å². The van der Waals surface area contributed by atoms with Crippen LogP contribution in [0.5, 0.6) is 0 Å². The number of amides is 2. The van der Waals surface area contributed by atoms with Crippen molar-refractivity contribution >= 4 is 34.8 Å². The average Bonchev–Trinajstić information content (AvgIpc) is 2.65. The first-order valence-corrected chi connectivity index (χ1v) is 8.78. The SMILES string of the molecule is CC(C)C(NC(=O)c1ccc(Cl)c([N+](=O)[O-])c1)C(=O)N(C)c1ccccc1F. The van der Waals surface area contributed by atoms with Crippen molar-refractivity contribution in [1.29, 1.82) is 0 Å². The molecule has 0 heterocycles. The molecular weight excluding hydrogens is 389 g/mol. The molecule has 1 unspecified atom stereocenters. The summed E-state index contributed by atoms with van der Waals surface area (Å²) in [4.78, 5) is 36.8. The number of benzene rings is 2. The standard InChI is InChI=1S/C19H19ClFN3O4/c1-11(2)17(19(26)23(3)15-7-5-4-6-14(15)21)22-18(25)12-8-9-13(20)16(10-12)24(27)28/h4-11,17H,1-3H3,(H,22,25). The van der Waals surface area contributed by atoms with Crippen LogP contribution in [0, 0.1) is 21.8 Å². The van der Waals surface area contributed by atoms with E-state index in [0.29, 0.717) is 0 Å². The van der Waals surface area contributed by atoms with Crippen molar-refractivity contribution in [1.82, 2.24) is 5.32 Å². The van der Waals surface area contributed by atoms with Gasteiger partial charge in [0.05, 0.1) is 10.6 Å². The molecule has 28 heavy (non-hydrogen) atoms. The molecule has 7 nitrogen and oxygen atoms in total. The molecule has 0 fully saturated rings. The van der Waals surface area contributed by atoms with Gasteiger partial charge in [0.1, 0.15) is 16.9 Å². The fraction of sp³-hybridized carbons (Fsp3) is 0.263. The number of nitro groups is 1. The Morgan fingerprint density at radius 1 is 1.21 bits per heavy atom. The van der Waals surface area contributed by atoms with Gasteiger partial charge in [-0.25, -0.2) is 4.39 Å². The molecule has 9 heteroatoms. The Bertz CT molecular complexity index is 920. The molecule has 2 rings (SSSR count). The summed E-state index contributed by atoms with van der Waals surface area (Å²) in [5.41, 5.74) is -0.345. The number of likely N-dealkylation sites (N-methyl/N-ethyl adjacent to an activating group) is 1. The zero-order chi connectivity index (χ0) is 21.0. The topological polar surface area (TPSA) is 92.5 Å². The van der Waals surface area contributed by atoms with Crippen molar-refractivity contribution in [2.45, 2.75) is 19.9 Å². The Labute approximate surface area is 166 Å². The van der Waals surface area contributed by atoms with E-state index >= 15 is 0 Å². The van der Waals surface area contributed by atoms with Gasteiger partial charge in [-0.1, -0.05) is 37.6 Å². The van der Waals surface area contributed by atoms with Crippen LogP contribution < -0.4 is 10.2 Å². The number of rotatable bonds is 6. The summed E-state index contributed by atoms with van der Waals surface area (Å²) in [7, 11) is 1.41. The van der Waals surface area contributed by atoms with Gasteiger partial charge in [-0.15, -0.1) is 0 Å². The number of anilines is 1. The van der Waals surface area contributed by atoms with Crippen LogP contribution in [0.15, 0.2) is 42.5 Å². The maximum Gasteiger partial charge on any atom is 0.288 e. The number of nitrogens with zero attached hydrogens (tertiary/aromatic N) is 2. The smallest absolute Gasteiger partial charge is 0.288 e. The van der Waals surface area contributed by atoms with Crippen molar-refractivity contribution in [3.8, 4) is 0 Å². The van der Waals surface area contributed by atoms with E-state index in [9.17, 15) is 24.1 Å². The number of halogens is 2. The highest BCUT2D eigenvalue weighted by atomic mass is 35.5. The number of hydrogen-bond acceptors (Lipinski definition) is 4. The van der Waals surface area contributed by atoms with Gasteiger partial charge in [-0.05, 0) is 30.2 Å². The third-order valence-corrected chi connectivity index (χ3v) is 4.49. The third kappa shape index (κ3) is 4.64. The van der Waals surface area contributed by atoms with Crippen LogP contribution in [0.1, 0.15) is 24.2 Å². The molecule has 2 aromatic carbocycles. The van der Waals surface area contributed by atoms with Gasteiger partial charge < -0.3 is 10.2 Å². The Hall–Kier alpha value is -3.00. The summed E-state index contributed by atoms with van der Waals surface area (Å²) in [5, 5.41) is 13.5. The molecule has 2 amide bonds. The van der Waals surface area contributed by atoms with Gasteiger partial charge >= 0.3 is 0 Å². The minimum absolute atomic E-state index is 0.0110. The van der Waals surface area contributed by atoms with Gasteiger partial charge in [0, 0.05) is 18.7 Å². The molecule has 0 spiro atoms. The molecule has 0 aliphatic heterocycles. The van der Waals surface area contributed by atoms with Gasteiger partial charge in [-0.2, -0.15) is 0 Å². The molecule has 0 saturated heterocycles. The quantitative estimate of drug-likeness (QED) is 0.582. The molecule has 0 aliphatic rings. The van der Waals surface area contributed by atoms with E-state index in [1.54, 1.807) is 19.9 Å². The second kappa shape index (κ2) is 8.79. The number of hydrogen-bond donors (Lipinski definition) is 1. The number of carbonyl (C=O) groups excluding carboxylic acids is 2. The highest BCUT2D eigenvalue weighted by Crippen LogP contribution is 2.25. The Balaban J connectivity index is 2.26. The fourth-order valence-electron chi connectivity index (χ4n) is 2.58. The molecule has 0 saturated carbocycles. The summed E-state index contributed by atoms with van der Waals surface area (Å²) in [5.74, 6) is -2.07. The van der Waals surface area contributed by atoms with E-state index in [4.69, 9.17) is 11.6 Å². The van der Waals surface area contributed by atoms with E-state index in [0.717, 1.165) is 11.0 Å². The molecule has 1 N–H and O–H groups in total. The molecule has 0 bridgehead atoms. The Morgan fingerprint density at radius 3 is 2.43 bits per heavy atom. The number of carbonyl (C=O) groups is 2. The lowest BCUT2D eigenvalue weighted by Gasteiger charge is -2.27. The minimum Gasteiger partial charge on any atom is -0.340 e. The normalized spacial score (nSPS) is 11.8. The van der Waals surface area contributed by atoms with Crippen LogP contribution in [0.25, 0.3) is 0 Å². The molecule has 0 aliphatic carbocycles.